The molecule has 30 heavy (non-hydrogen) atoms. The highest BCUT2D eigenvalue weighted by molar-refractivity contribution is 5.64. The van der Waals surface area contributed by atoms with Crippen molar-refractivity contribution in [3.05, 3.63) is 47.2 Å². The van der Waals surface area contributed by atoms with Crippen LogP contribution in [0.15, 0.2) is 24.4 Å². The molecular weight excluding hydrogens is 380 g/mol. The molecule has 156 valence electrons. The van der Waals surface area contributed by atoms with Crippen molar-refractivity contribution in [2.45, 2.75) is 39.0 Å². The Morgan fingerprint density at radius 3 is 2.67 bits per heavy atom. The monoisotopic (exact) mass is 406 g/mol. The molecule has 1 aliphatic carbocycles. The molecule has 4 rings (SSSR count). The highest BCUT2D eigenvalue weighted by Crippen LogP contribution is 2.31. The van der Waals surface area contributed by atoms with Crippen molar-refractivity contribution in [2.24, 2.45) is 0 Å². The summed E-state index contributed by atoms with van der Waals surface area (Å²) in [6.07, 6.45) is 6.94. The fourth-order valence-electron chi connectivity index (χ4n) is 3.76. The number of hydrogen-bond acceptors (Lipinski definition) is 8. The van der Waals surface area contributed by atoms with Gasteiger partial charge in [0.15, 0.2) is 11.5 Å². The van der Waals surface area contributed by atoms with Gasteiger partial charge in [-0.3, -0.25) is 0 Å². The van der Waals surface area contributed by atoms with Crippen molar-refractivity contribution in [1.82, 2.24) is 25.1 Å². The van der Waals surface area contributed by atoms with E-state index < -0.39 is 0 Å². The van der Waals surface area contributed by atoms with E-state index in [4.69, 9.17) is 14.5 Å². The molecule has 0 spiro atoms. The molecule has 2 heterocycles. The Bertz CT molecular complexity index is 1040. The third kappa shape index (κ3) is 4.32. The number of fused-ring (bicyclic) bond motifs is 1. The second kappa shape index (κ2) is 9.02. The summed E-state index contributed by atoms with van der Waals surface area (Å²) in [5.41, 5.74) is 5.25. The first-order chi connectivity index (χ1) is 14.7. The standard InChI is InChI=1S/C22H26N6O2/c1-14-16-6-4-5-7-17(16)26-21(25-14)10-11-23-22-27-18(13-24-28-22)15-8-9-19(29-2)20(12-15)30-3/h8-9,12-13H,4-7,10-11H2,1-3H3,(H,23,27,28). The van der Waals surface area contributed by atoms with Crippen LogP contribution in [0.3, 0.4) is 0 Å². The summed E-state index contributed by atoms with van der Waals surface area (Å²) < 4.78 is 10.7. The minimum absolute atomic E-state index is 0.469. The van der Waals surface area contributed by atoms with Crippen LogP contribution in [0.1, 0.15) is 35.6 Å². The van der Waals surface area contributed by atoms with Gasteiger partial charge in [0.2, 0.25) is 5.95 Å². The number of aryl methyl sites for hydroxylation is 2. The normalized spacial score (nSPS) is 12.9. The molecule has 0 saturated heterocycles. The quantitative estimate of drug-likeness (QED) is 0.639. The molecule has 0 atom stereocenters. The van der Waals surface area contributed by atoms with Gasteiger partial charge in [-0.2, -0.15) is 5.10 Å². The van der Waals surface area contributed by atoms with Crippen molar-refractivity contribution >= 4 is 5.95 Å². The predicted molar refractivity (Wildman–Crippen MR) is 114 cm³/mol. The van der Waals surface area contributed by atoms with Crippen LogP contribution >= 0.6 is 0 Å². The third-order valence-electron chi connectivity index (χ3n) is 5.31. The molecule has 0 unspecified atom stereocenters. The molecule has 1 aromatic carbocycles. The molecule has 2 aromatic heterocycles. The van der Waals surface area contributed by atoms with Crippen molar-refractivity contribution in [2.75, 3.05) is 26.1 Å². The Morgan fingerprint density at radius 2 is 1.83 bits per heavy atom. The summed E-state index contributed by atoms with van der Waals surface area (Å²) in [5.74, 6) is 2.65. The average molecular weight is 406 g/mol. The van der Waals surface area contributed by atoms with Gasteiger partial charge in [-0.1, -0.05) is 0 Å². The van der Waals surface area contributed by atoms with Gasteiger partial charge in [0.05, 0.1) is 26.1 Å². The first-order valence-corrected chi connectivity index (χ1v) is 10.2. The zero-order chi connectivity index (χ0) is 20.9. The van der Waals surface area contributed by atoms with Gasteiger partial charge in [0, 0.05) is 29.9 Å². The number of benzene rings is 1. The third-order valence-corrected chi connectivity index (χ3v) is 5.31. The molecule has 8 nitrogen and oxygen atoms in total. The summed E-state index contributed by atoms with van der Waals surface area (Å²) in [6.45, 7) is 2.72. The topological polar surface area (TPSA) is 94.9 Å². The van der Waals surface area contributed by atoms with E-state index in [1.807, 2.05) is 18.2 Å². The first kappa shape index (κ1) is 20.0. The molecule has 1 aliphatic rings. The highest BCUT2D eigenvalue weighted by Gasteiger charge is 2.15. The van der Waals surface area contributed by atoms with E-state index in [2.05, 4.69) is 32.4 Å². The van der Waals surface area contributed by atoms with E-state index in [1.54, 1.807) is 20.4 Å². The van der Waals surface area contributed by atoms with Crippen LogP contribution in [-0.2, 0) is 19.3 Å². The van der Waals surface area contributed by atoms with Crippen molar-refractivity contribution in [3.8, 4) is 22.8 Å². The summed E-state index contributed by atoms with van der Waals surface area (Å²) in [5, 5.41) is 11.4. The number of methoxy groups -OCH3 is 2. The second-order valence-electron chi connectivity index (χ2n) is 7.27. The minimum Gasteiger partial charge on any atom is -0.493 e. The van der Waals surface area contributed by atoms with Gasteiger partial charge in [-0.15, -0.1) is 5.10 Å². The Labute approximate surface area is 176 Å². The minimum atomic E-state index is 0.469. The van der Waals surface area contributed by atoms with E-state index in [1.165, 1.54) is 24.1 Å². The van der Waals surface area contributed by atoms with Crippen LogP contribution in [0, 0.1) is 6.92 Å². The van der Waals surface area contributed by atoms with Crippen LogP contribution in [-0.4, -0.2) is 45.9 Å². The van der Waals surface area contributed by atoms with Gasteiger partial charge >= 0.3 is 0 Å². The zero-order valence-corrected chi connectivity index (χ0v) is 17.6. The van der Waals surface area contributed by atoms with E-state index in [9.17, 15) is 0 Å². The lowest BCUT2D eigenvalue weighted by atomic mass is 9.95. The number of aromatic nitrogens is 5. The van der Waals surface area contributed by atoms with Gasteiger partial charge in [0.25, 0.3) is 0 Å². The first-order valence-electron chi connectivity index (χ1n) is 10.2. The summed E-state index contributed by atoms with van der Waals surface area (Å²) in [7, 11) is 3.22. The van der Waals surface area contributed by atoms with Gasteiger partial charge < -0.3 is 14.8 Å². The Balaban J connectivity index is 1.44. The summed E-state index contributed by atoms with van der Waals surface area (Å²) in [6, 6.07) is 5.63. The second-order valence-corrected chi connectivity index (χ2v) is 7.27. The number of ether oxygens (including phenoxy) is 2. The van der Waals surface area contributed by atoms with Crippen LogP contribution in [0.5, 0.6) is 11.5 Å². The predicted octanol–water partition coefficient (Wildman–Crippen LogP) is 3.19. The zero-order valence-electron chi connectivity index (χ0n) is 17.6. The lowest BCUT2D eigenvalue weighted by Gasteiger charge is -2.17. The molecule has 0 radical (unpaired) electrons. The number of rotatable bonds is 7. The van der Waals surface area contributed by atoms with Crippen molar-refractivity contribution < 1.29 is 9.47 Å². The van der Waals surface area contributed by atoms with E-state index in [0.29, 0.717) is 36.1 Å². The largest absolute Gasteiger partial charge is 0.493 e. The Kier molecular flexibility index (Phi) is 6.02. The number of nitrogens with zero attached hydrogens (tertiary/aromatic N) is 5. The van der Waals surface area contributed by atoms with Crippen LogP contribution in [0.2, 0.25) is 0 Å². The average Bonchev–Trinajstić information content (AvgIpc) is 2.79. The van der Waals surface area contributed by atoms with E-state index in [0.717, 1.165) is 29.9 Å². The fourth-order valence-corrected chi connectivity index (χ4v) is 3.76. The summed E-state index contributed by atoms with van der Waals surface area (Å²) in [4.78, 5) is 14.0. The lowest BCUT2D eigenvalue weighted by Crippen LogP contribution is -2.15. The molecule has 0 amide bonds. The molecule has 1 N–H and O–H groups in total. The molecular formula is C22H26N6O2. The fraction of sp³-hybridized carbons (Fsp3) is 0.409. The van der Waals surface area contributed by atoms with Crippen LogP contribution in [0.4, 0.5) is 5.95 Å². The maximum atomic E-state index is 5.37. The smallest absolute Gasteiger partial charge is 0.243 e. The highest BCUT2D eigenvalue weighted by atomic mass is 16.5. The summed E-state index contributed by atoms with van der Waals surface area (Å²) >= 11 is 0. The molecule has 0 bridgehead atoms. The van der Waals surface area contributed by atoms with Crippen LogP contribution in [0.25, 0.3) is 11.3 Å². The van der Waals surface area contributed by atoms with Crippen LogP contribution < -0.4 is 14.8 Å². The lowest BCUT2D eigenvalue weighted by molar-refractivity contribution is 0.355. The van der Waals surface area contributed by atoms with Gasteiger partial charge in [0.1, 0.15) is 5.82 Å². The van der Waals surface area contributed by atoms with E-state index >= 15 is 0 Å². The maximum Gasteiger partial charge on any atom is 0.243 e. The van der Waals surface area contributed by atoms with Gasteiger partial charge in [-0.05, 0) is 56.4 Å². The van der Waals surface area contributed by atoms with Crippen molar-refractivity contribution in [3.63, 3.8) is 0 Å². The molecule has 8 heteroatoms. The molecule has 0 saturated carbocycles. The molecule has 0 aliphatic heterocycles. The number of hydrogen-bond donors (Lipinski definition) is 1. The SMILES string of the molecule is COc1ccc(-c2cnnc(NCCc3nc(C)c4c(n3)CCCC4)n2)cc1OC. The Hall–Kier alpha value is -3.29. The molecule has 3 aromatic rings. The van der Waals surface area contributed by atoms with Gasteiger partial charge in [-0.25, -0.2) is 15.0 Å². The number of nitrogens with one attached hydrogen (secondary N) is 1. The Morgan fingerprint density at radius 1 is 1.00 bits per heavy atom. The van der Waals surface area contributed by atoms with E-state index in [-0.39, 0.29) is 0 Å². The van der Waals surface area contributed by atoms with Crippen molar-refractivity contribution in [1.29, 1.82) is 0 Å². The maximum absolute atomic E-state index is 5.37. The molecule has 0 fully saturated rings. The number of anilines is 1.